The van der Waals surface area contributed by atoms with Gasteiger partial charge in [0.05, 0.1) is 0 Å². The minimum absolute atomic E-state index is 0.0963. The van der Waals surface area contributed by atoms with E-state index in [-0.39, 0.29) is 12.2 Å². The zero-order chi connectivity index (χ0) is 12.5. The van der Waals surface area contributed by atoms with E-state index in [4.69, 9.17) is 4.74 Å². The van der Waals surface area contributed by atoms with Gasteiger partial charge in [-0.3, -0.25) is 0 Å². The number of hydrogen-bond acceptors (Lipinski definition) is 2. The summed E-state index contributed by atoms with van der Waals surface area (Å²) < 4.78 is 5.42. The van der Waals surface area contributed by atoms with Gasteiger partial charge in [-0.15, -0.1) is 0 Å². The Hall–Kier alpha value is -0.990. The normalized spacial score (nSPS) is 22.6. The summed E-state index contributed by atoms with van der Waals surface area (Å²) in [4.78, 5) is 11.5. The predicted molar refractivity (Wildman–Crippen MR) is 70.0 cm³/mol. The van der Waals surface area contributed by atoms with Gasteiger partial charge in [-0.05, 0) is 44.4 Å². The molecule has 0 aromatic rings. The molecule has 98 valence electrons. The Morgan fingerprint density at radius 3 is 2.88 bits per heavy atom. The third-order valence-electron chi connectivity index (χ3n) is 2.98. The Morgan fingerprint density at radius 2 is 2.12 bits per heavy atom. The molecule has 0 bridgehead atoms. The van der Waals surface area contributed by atoms with Crippen LogP contribution in [0.4, 0.5) is 4.79 Å². The van der Waals surface area contributed by atoms with Gasteiger partial charge in [0.1, 0.15) is 6.10 Å². The molecule has 0 heterocycles. The van der Waals surface area contributed by atoms with Gasteiger partial charge in [-0.1, -0.05) is 26.0 Å². The highest BCUT2D eigenvalue weighted by atomic mass is 16.6. The summed E-state index contributed by atoms with van der Waals surface area (Å²) in [5, 5.41) is 2.82. The van der Waals surface area contributed by atoms with Crippen LogP contribution >= 0.6 is 0 Å². The van der Waals surface area contributed by atoms with E-state index in [1.807, 2.05) is 0 Å². The van der Waals surface area contributed by atoms with Crippen molar-refractivity contribution in [1.29, 1.82) is 0 Å². The molecule has 0 aromatic carbocycles. The molecule has 1 aliphatic carbocycles. The van der Waals surface area contributed by atoms with Crippen LogP contribution in [-0.2, 0) is 4.74 Å². The first-order chi connectivity index (χ1) is 8.18. The van der Waals surface area contributed by atoms with Gasteiger partial charge in [-0.2, -0.15) is 0 Å². The van der Waals surface area contributed by atoms with Crippen LogP contribution in [0.5, 0.6) is 0 Å². The third kappa shape index (κ3) is 7.03. The van der Waals surface area contributed by atoms with Crippen LogP contribution < -0.4 is 5.32 Å². The van der Waals surface area contributed by atoms with Crippen LogP contribution in [0.1, 0.15) is 52.4 Å². The van der Waals surface area contributed by atoms with Gasteiger partial charge in [-0.25, -0.2) is 4.79 Å². The number of ether oxygens (including phenoxy) is 1. The first-order valence-electron chi connectivity index (χ1n) is 6.78. The lowest BCUT2D eigenvalue weighted by Gasteiger charge is -2.18. The fourth-order valence-corrected chi connectivity index (χ4v) is 1.90. The van der Waals surface area contributed by atoms with Crippen molar-refractivity contribution in [1.82, 2.24) is 5.32 Å². The smallest absolute Gasteiger partial charge is 0.407 e. The number of carbonyl (C=O) groups is 1. The third-order valence-corrected chi connectivity index (χ3v) is 2.98. The maximum Gasteiger partial charge on any atom is 0.407 e. The second-order valence-corrected chi connectivity index (χ2v) is 5.12. The maximum atomic E-state index is 11.5. The van der Waals surface area contributed by atoms with E-state index in [0.717, 1.165) is 38.5 Å². The zero-order valence-electron chi connectivity index (χ0n) is 11.1. The van der Waals surface area contributed by atoms with Crippen molar-refractivity contribution in [3.8, 4) is 0 Å². The van der Waals surface area contributed by atoms with E-state index in [1.165, 1.54) is 0 Å². The van der Waals surface area contributed by atoms with Crippen LogP contribution in [0.15, 0.2) is 12.2 Å². The van der Waals surface area contributed by atoms with Gasteiger partial charge >= 0.3 is 6.09 Å². The van der Waals surface area contributed by atoms with Crippen LogP contribution in [0.25, 0.3) is 0 Å². The number of carbonyl (C=O) groups excluding carboxylic acids is 1. The van der Waals surface area contributed by atoms with Crippen molar-refractivity contribution in [3.05, 3.63) is 12.2 Å². The van der Waals surface area contributed by atoms with E-state index >= 15 is 0 Å². The number of amides is 1. The molecule has 0 aromatic heterocycles. The average Bonchev–Trinajstić information content (AvgIpc) is 2.21. The summed E-state index contributed by atoms with van der Waals surface area (Å²) in [7, 11) is 0. The molecule has 3 heteroatoms. The van der Waals surface area contributed by atoms with E-state index < -0.39 is 0 Å². The molecule has 17 heavy (non-hydrogen) atoms. The van der Waals surface area contributed by atoms with Crippen LogP contribution in [0, 0.1) is 5.92 Å². The molecule has 0 saturated heterocycles. The molecule has 0 saturated carbocycles. The molecule has 1 amide bonds. The number of rotatable bonds is 4. The van der Waals surface area contributed by atoms with E-state index in [1.54, 1.807) is 0 Å². The second-order valence-electron chi connectivity index (χ2n) is 5.12. The Bertz CT molecular complexity index is 249. The fraction of sp³-hybridized carbons (Fsp3) is 0.786. The highest BCUT2D eigenvalue weighted by Crippen LogP contribution is 2.15. The highest BCUT2D eigenvalue weighted by Gasteiger charge is 2.14. The second kappa shape index (κ2) is 8.15. The molecule has 1 aliphatic rings. The zero-order valence-corrected chi connectivity index (χ0v) is 11.1. The Morgan fingerprint density at radius 1 is 1.35 bits per heavy atom. The van der Waals surface area contributed by atoms with E-state index in [0.29, 0.717) is 12.5 Å². The summed E-state index contributed by atoms with van der Waals surface area (Å²) in [6, 6.07) is 0. The molecule has 1 atom stereocenters. The molecule has 0 spiro atoms. The van der Waals surface area contributed by atoms with Crippen molar-refractivity contribution in [2.75, 3.05) is 6.54 Å². The van der Waals surface area contributed by atoms with Crippen molar-refractivity contribution in [3.63, 3.8) is 0 Å². The highest BCUT2D eigenvalue weighted by molar-refractivity contribution is 5.67. The lowest BCUT2D eigenvalue weighted by Crippen LogP contribution is -2.30. The quantitative estimate of drug-likeness (QED) is 0.760. The van der Waals surface area contributed by atoms with Crippen LogP contribution in [0.3, 0.4) is 0 Å². The largest absolute Gasteiger partial charge is 0.446 e. The molecule has 1 unspecified atom stereocenters. The summed E-state index contributed by atoms with van der Waals surface area (Å²) in [5.41, 5.74) is 0. The fourth-order valence-electron chi connectivity index (χ4n) is 1.90. The Kier molecular flexibility index (Phi) is 6.75. The van der Waals surface area contributed by atoms with Gasteiger partial charge in [0.25, 0.3) is 0 Å². The number of alkyl carbamates (subject to hydrolysis) is 1. The molecule has 1 N–H and O–H groups in total. The minimum atomic E-state index is -0.250. The lowest BCUT2D eigenvalue weighted by molar-refractivity contribution is 0.0862. The summed E-state index contributed by atoms with van der Waals surface area (Å²) in [5.74, 6) is 0.613. The van der Waals surface area contributed by atoms with Crippen molar-refractivity contribution in [2.45, 2.75) is 58.5 Å². The first-order valence-corrected chi connectivity index (χ1v) is 6.78. The molecular formula is C14H25NO2. The number of nitrogens with one attached hydrogen (secondary N) is 1. The standard InChI is InChI=1S/C14H25NO2/c1-12(2)10-11-15-14(16)17-13-8-6-4-3-5-7-9-13/h3-4,12-13H,5-11H2,1-2H3,(H,15,16)/b4-3+. The number of allylic oxidation sites excluding steroid dienone is 2. The minimum Gasteiger partial charge on any atom is -0.446 e. The summed E-state index contributed by atoms with van der Waals surface area (Å²) >= 11 is 0. The lowest BCUT2D eigenvalue weighted by atomic mass is 10.0. The topological polar surface area (TPSA) is 38.3 Å². The average molecular weight is 239 g/mol. The van der Waals surface area contributed by atoms with Crippen molar-refractivity contribution < 1.29 is 9.53 Å². The van der Waals surface area contributed by atoms with Crippen LogP contribution in [-0.4, -0.2) is 18.7 Å². The van der Waals surface area contributed by atoms with Gasteiger partial charge < -0.3 is 10.1 Å². The van der Waals surface area contributed by atoms with Crippen molar-refractivity contribution >= 4 is 6.09 Å². The molecule has 3 nitrogen and oxygen atoms in total. The molecule has 0 aliphatic heterocycles. The van der Waals surface area contributed by atoms with Crippen molar-refractivity contribution in [2.24, 2.45) is 5.92 Å². The maximum absolute atomic E-state index is 11.5. The predicted octanol–water partition coefficient (Wildman–Crippen LogP) is 3.65. The molecular weight excluding hydrogens is 214 g/mol. The number of hydrogen-bond donors (Lipinski definition) is 1. The molecule has 1 rings (SSSR count). The van der Waals surface area contributed by atoms with E-state index in [2.05, 4.69) is 31.3 Å². The summed E-state index contributed by atoms with van der Waals surface area (Å²) in [6.07, 6.45) is 10.4. The van der Waals surface area contributed by atoms with Gasteiger partial charge in [0.15, 0.2) is 0 Å². The van der Waals surface area contributed by atoms with Crippen LogP contribution in [0.2, 0.25) is 0 Å². The summed E-state index contributed by atoms with van der Waals surface area (Å²) in [6.45, 7) is 5.01. The molecule has 0 radical (unpaired) electrons. The Labute approximate surface area is 105 Å². The SMILES string of the molecule is CC(C)CCNC(=O)OC1CC/C=C/CCC1. The van der Waals surface area contributed by atoms with E-state index in [9.17, 15) is 4.79 Å². The molecule has 0 fully saturated rings. The van der Waals surface area contributed by atoms with Gasteiger partial charge in [0.2, 0.25) is 0 Å². The van der Waals surface area contributed by atoms with Gasteiger partial charge in [0, 0.05) is 6.54 Å². The Balaban J connectivity index is 2.17. The monoisotopic (exact) mass is 239 g/mol. The first kappa shape index (κ1) is 14.1.